The van der Waals surface area contributed by atoms with E-state index in [1.54, 1.807) is 12.1 Å². The van der Waals surface area contributed by atoms with E-state index in [2.05, 4.69) is 5.32 Å². The molecule has 2 nitrogen and oxygen atoms in total. The number of anilines is 1. The molecule has 0 amide bonds. The van der Waals surface area contributed by atoms with Gasteiger partial charge < -0.3 is 11.1 Å². The smallest absolute Gasteiger partial charge is 0.381 e. The van der Waals surface area contributed by atoms with Crippen LogP contribution in [-0.2, 0) is 6.54 Å². The maximum absolute atomic E-state index is 12.2. The van der Waals surface area contributed by atoms with E-state index >= 15 is 0 Å². The molecule has 0 heterocycles. The Hall–Kier alpha value is -2.01. The van der Waals surface area contributed by atoms with E-state index in [0.717, 1.165) is 16.8 Å². The number of nitrogens with two attached hydrogens (primary N) is 1. The molecule has 0 saturated carbocycles. The lowest BCUT2D eigenvalue weighted by Crippen LogP contribution is -2.15. The summed E-state index contributed by atoms with van der Waals surface area (Å²) < 4.78 is 36.6. The summed E-state index contributed by atoms with van der Waals surface area (Å²) in [6.45, 7) is 0.695. The fourth-order valence-electron chi connectivity index (χ4n) is 2.13. The van der Waals surface area contributed by atoms with E-state index in [4.69, 9.17) is 5.73 Å². The first-order chi connectivity index (χ1) is 10.4. The molecule has 2 aromatic rings. The van der Waals surface area contributed by atoms with Gasteiger partial charge in [-0.2, -0.15) is 13.2 Å². The number of benzene rings is 2. The van der Waals surface area contributed by atoms with Gasteiger partial charge in [0.25, 0.3) is 0 Å². The lowest BCUT2D eigenvalue weighted by molar-refractivity contribution is -0.136. The molecule has 22 heavy (non-hydrogen) atoms. The second-order valence-corrected chi connectivity index (χ2v) is 5.22. The van der Waals surface area contributed by atoms with Gasteiger partial charge in [-0.1, -0.05) is 42.5 Å². The van der Waals surface area contributed by atoms with Crippen molar-refractivity contribution in [1.29, 1.82) is 0 Å². The van der Waals surface area contributed by atoms with Gasteiger partial charge in [-0.15, -0.1) is 0 Å². The fourth-order valence-corrected chi connectivity index (χ4v) is 2.13. The van der Waals surface area contributed by atoms with Gasteiger partial charge in [-0.05, 0) is 29.7 Å². The normalized spacial score (nSPS) is 12.9. The summed E-state index contributed by atoms with van der Waals surface area (Å²) >= 11 is 0. The van der Waals surface area contributed by atoms with Gasteiger partial charge in [0.15, 0.2) is 0 Å². The Morgan fingerprint density at radius 3 is 2.18 bits per heavy atom. The second kappa shape index (κ2) is 7.31. The summed E-state index contributed by atoms with van der Waals surface area (Å²) in [5.41, 5.74) is 8.59. The maximum atomic E-state index is 12.2. The van der Waals surface area contributed by atoms with Crippen molar-refractivity contribution in [2.75, 3.05) is 5.32 Å². The first kappa shape index (κ1) is 16.4. The Morgan fingerprint density at radius 1 is 0.955 bits per heavy atom. The van der Waals surface area contributed by atoms with Crippen molar-refractivity contribution in [2.45, 2.75) is 31.6 Å². The third kappa shape index (κ3) is 5.41. The van der Waals surface area contributed by atoms with Crippen LogP contribution in [0.2, 0.25) is 0 Å². The minimum Gasteiger partial charge on any atom is -0.381 e. The monoisotopic (exact) mass is 308 g/mol. The van der Waals surface area contributed by atoms with E-state index in [9.17, 15) is 13.2 Å². The zero-order valence-corrected chi connectivity index (χ0v) is 12.1. The lowest BCUT2D eigenvalue weighted by atomic mass is 10.0. The van der Waals surface area contributed by atoms with Crippen molar-refractivity contribution < 1.29 is 13.2 Å². The minimum absolute atomic E-state index is 0.0969. The molecular weight excluding hydrogens is 289 g/mol. The minimum atomic E-state index is -4.16. The van der Waals surface area contributed by atoms with Gasteiger partial charge in [0.2, 0.25) is 0 Å². The van der Waals surface area contributed by atoms with Crippen LogP contribution in [0.25, 0.3) is 0 Å². The fraction of sp³-hybridized carbons (Fsp3) is 0.294. The van der Waals surface area contributed by atoms with E-state index in [1.807, 2.05) is 42.5 Å². The zero-order chi connectivity index (χ0) is 16.0. The van der Waals surface area contributed by atoms with Gasteiger partial charge in [0.05, 0.1) is 0 Å². The molecule has 1 atom stereocenters. The first-order valence-corrected chi connectivity index (χ1v) is 7.14. The molecule has 0 unspecified atom stereocenters. The summed E-state index contributed by atoms with van der Waals surface area (Å²) in [6, 6.07) is 16.6. The standard InChI is InChI=1S/C17H19F3N2/c18-17(19,20)11-10-16(21)14-6-8-15(9-7-14)22-12-13-4-2-1-3-5-13/h1-9,16,22H,10-12,21H2/t16-/m0/s1. The molecule has 0 aliphatic rings. The van der Waals surface area contributed by atoms with Crippen molar-refractivity contribution in [2.24, 2.45) is 5.73 Å². The Balaban J connectivity index is 1.87. The van der Waals surface area contributed by atoms with Gasteiger partial charge >= 0.3 is 6.18 Å². The summed E-state index contributed by atoms with van der Waals surface area (Å²) in [5, 5.41) is 3.26. The summed E-state index contributed by atoms with van der Waals surface area (Å²) in [4.78, 5) is 0. The molecule has 0 bridgehead atoms. The lowest BCUT2D eigenvalue weighted by Gasteiger charge is -2.14. The van der Waals surface area contributed by atoms with Crippen molar-refractivity contribution in [3.05, 3.63) is 65.7 Å². The maximum Gasteiger partial charge on any atom is 0.389 e. The zero-order valence-electron chi connectivity index (χ0n) is 12.1. The molecule has 0 aliphatic heterocycles. The highest BCUT2D eigenvalue weighted by atomic mass is 19.4. The Kier molecular flexibility index (Phi) is 5.44. The highest BCUT2D eigenvalue weighted by Gasteiger charge is 2.27. The van der Waals surface area contributed by atoms with Gasteiger partial charge in [-0.3, -0.25) is 0 Å². The molecule has 5 heteroatoms. The van der Waals surface area contributed by atoms with Crippen molar-refractivity contribution >= 4 is 5.69 Å². The quantitative estimate of drug-likeness (QED) is 0.816. The molecule has 0 radical (unpaired) electrons. The van der Waals surface area contributed by atoms with E-state index in [-0.39, 0.29) is 6.42 Å². The predicted molar refractivity (Wildman–Crippen MR) is 82.4 cm³/mol. The van der Waals surface area contributed by atoms with Crippen LogP contribution in [0.4, 0.5) is 18.9 Å². The second-order valence-electron chi connectivity index (χ2n) is 5.22. The van der Waals surface area contributed by atoms with Crippen LogP contribution in [0.15, 0.2) is 54.6 Å². The number of halogens is 3. The van der Waals surface area contributed by atoms with E-state index in [0.29, 0.717) is 6.54 Å². The van der Waals surface area contributed by atoms with E-state index < -0.39 is 18.6 Å². The Labute approximate surface area is 128 Å². The highest BCUT2D eigenvalue weighted by Crippen LogP contribution is 2.26. The van der Waals surface area contributed by atoms with Crippen LogP contribution >= 0.6 is 0 Å². The Bertz CT molecular complexity index is 565. The van der Waals surface area contributed by atoms with Crippen LogP contribution in [0.3, 0.4) is 0 Å². The van der Waals surface area contributed by atoms with Gasteiger partial charge in [0.1, 0.15) is 0 Å². The average Bonchev–Trinajstić information content (AvgIpc) is 2.51. The molecule has 0 fully saturated rings. The number of nitrogens with one attached hydrogen (secondary N) is 1. The predicted octanol–water partition coefficient (Wildman–Crippen LogP) is 4.64. The molecule has 0 spiro atoms. The molecule has 0 saturated heterocycles. The Morgan fingerprint density at radius 2 is 1.59 bits per heavy atom. The topological polar surface area (TPSA) is 38.0 Å². The van der Waals surface area contributed by atoms with Gasteiger partial charge in [-0.25, -0.2) is 0 Å². The van der Waals surface area contributed by atoms with Crippen LogP contribution in [-0.4, -0.2) is 6.18 Å². The third-order valence-electron chi connectivity index (χ3n) is 3.42. The molecule has 3 N–H and O–H groups in total. The van der Waals surface area contributed by atoms with Crippen molar-refractivity contribution in [1.82, 2.24) is 0 Å². The van der Waals surface area contributed by atoms with E-state index in [1.165, 1.54) is 0 Å². The molecular formula is C17H19F3N2. The first-order valence-electron chi connectivity index (χ1n) is 7.14. The van der Waals surface area contributed by atoms with Crippen molar-refractivity contribution in [3.63, 3.8) is 0 Å². The third-order valence-corrected chi connectivity index (χ3v) is 3.42. The van der Waals surface area contributed by atoms with Crippen LogP contribution in [0.1, 0.15) is 30.0 Å². The van der Waals surface area contributed by atoms with Crippen molar-refractivity contribution in [3.8, 4) is 0 Å². The molecule has 118 valence electrons. The molecule has 2 rings (SSSR count). The largest absolute Gasteiger partial charge is 0.389 e. The summed E-state index contributed by atoms with van der Waals surface area (Å²) in [7, 11) is 0. The van der Waals surface area contributed by atoms with Crippen LogP contribution in [0.5, 0.6) is 0 Å². The number of alkyl halides is 3. The molecule has 0 aliphatic carbocycles. The van der Waals surface area contributed by atoms with Gasteiger partial charge in [0, 0.05) is 24.7 Å². The summed E-state index contributed by atoms with van der Waals surface area (Å²) in [6.07, 6.45) is -5.11. The average molecular weight is 308 g/mol. The highest BCUT2D eigenvalue weighted by molar-refractivity contribution is 5.45. The van der Waals surface area contributed by atoms with Crippen LogP contribution in [0, 0.1) is 0 Å². The number of hydrogen-bond acceptors (Lipinski definition) is 2. The summed E-state index contributed by atoms with van der Waals surface area (Å²) in [5.74, 6) is 0. The number of hydrogen-bond donors (Lipinski definition) is 2. The SMILES string of the molecule is N[C@@H](CCC(F)(F)F)c1ccc(NCc2ccccc2)cc1. The van der Waals surface area contributed by atoms with Crippen LogP contribution < -0.4 is 11.1 Å². The molecule has 2 aromatic carbocycles. The molecule has 0 aromatic heterocycles. The number of rotatable bonds is 6.